The number of hydrogen-bond donors (Lipinski definition) is 0. The van der Waals surface area contributed by atoms with Gasteiger partial charge in [-0.3, -0.25) is 10.1 Å². The molecule has 0 bridgehead atoms. The van der Waals surface area contributed by atoms with Gasteiger partial charge in [0.05, 0.1) is 9.60 Å². The molecular formula is C13H9NO4S2. The lowest BCUT2D eigenvalue weighted by Crippen LogP contribution is -2.14. The van der Waals surface area contributed by atoms with Crippen molar-refractivity contribution in [1.29, 1.82) is 0 Å². The van der Waals surface area contributed by atoms with E-state index >= 15 is 0 Å². The summed E-state index contributed by atoms with van der Waals surface area (Å²) in [6.07, 6.45) is 0. The van der Waals surface area contributed by atoms with Gasteiger partial charge >= 0.3 is 5.88 Å². The Labute approximate surface area is 118 Å². The van der Waals surface area contributed by atoms with Crippen LogP contribution in [0.25, 0.3) is 20.2 Å². The molecule has 0 N–H and O–H groups in total. The van der Waals surface area contributed by atoms with Gasteiger partial charge in [0, 0.05) is 20.4 Å². The van der Waals surface area contributed by atoms with Gasteiger partial charge in [0.1, 0.15) is 0 Å². The van der Waals surface area contributed by atoms with Crippen LogP contribution in [-0.4, -0.2) is 19.2 Å². The molecule has 0 amide bonds. The van der Waals surface area contributed by atoms with E-state index in [-0.39, 0.29) is 4.90 Å². The van der Waals surface area contributed by atoms with Gasteiger partial charge in [-0.2, -0.15) is 0 Å². The normalized spacial score (nSPS) is 12.0. The second kappa shape index (κ2) is 4.53. The molecule has 5 nitrogen and oxygen atoms in total. The number of fused-ring (bicyclic) bond motifs is 3. The third-order valence-corrected chi connectivity index (χ3v) is 5.89. The lowest BCUT2D eigenvalue weighted by molar-refractivity contribution is -0.458. The summed E-state index contributed by atoms with van der Waals surface area (Å²) in [5.74, 6) is -1.08. The highest BCUT2D eigenvalue weighted by Crippen LogP contribution is 2.37. The van der Waals surface area contributed by atoms with Gasteiger partial charge in [-0.15, -0.1) is 11.3 Å². The Hall–Kier alpha value is -1.99. The lowest BCUT2D eigenvalue weighted by atomic mass is 10.1. The van der Waals surface area contributed by atoms with Crippen LogP contribution >= 0.6 is 11.3 Å². The maximum Gasteiger partial charge on any atom is 0.305 e. The van der Waals surface area contributed by atoms with Crippen LogP contribution in [0, 0.1) is 10.1 Å². The van der Waals surface area contributed by atoms with E-state index in [0.29, 0.717) is 4.70 Å². The van der Waals surface area contributed by atoms with Crippen molar-refractivity contribution in [3.8, 4) is 0 Å². The summed E-state index contributed by atoms with van der Waals surface area (Å²) in [6, 6.07) is 12.5. The van der Waals surface area contributed by atoms with Crippen molar-refractivity contribution in [2.24, 2.45) is 0 Å². The molecule has 0 saturated heterocycles. The van der Waals surface area contributed by atoms with Crippen LogP contribution in [0.4, 0.5) is 0 Å². The Morgan fingerprint density at radius 2 is 1.75 bits per heavy atom. The van der Waals surface area contributed by atoms with Crippen LogP contribution in [0.2, 0.25) is 0 Å². The van der Waals surface area contributed by atoms with Gasteiger partial charge in [-0.05, 0) is 12.1 Å². The first-order chi connectivity index (χ1) is 9.49. The van der Waals surface area contributed by atoms with Gasteiger partial charge < -0.3 is 0 Å². The van der Waals surface area contributed by atoms with Crippen molar-refractivity contribution in [1.82, 2.24) is 0 Å². The molecule has 0 saturated carbocycles. The van der Waals surface area contributed by atoms with Crippen LogP contribution in [0.5, 0.6) is 0 Å². The third-order valence-electron chi connectivity index (χ3n) is 2.98. The van der Waals surface area contributed by atoms with Gasteiger partial charge in [0.2, 0.25) is 9.84 Å². The third kappa shape index (κ3) is 2.04. The molecule has 2 aromatic carbocycles. The molecule has 3 aromatic rings. The molecule has 0 aliphatic carbocycles. The number of sulfone groups is 1. The molecule has 0 fully saturated rings. The molecule has 0 radical (unpaired) electrons. The topological polar surface area (TPSA) is 77.3 Å². The largest absolute Gasteiger partial charge is 0.305 e. The molecular weight excluding hydrogens is 298 g/mol. The number of nitrogens with zero attached hydrogens (tertiary/aromatic N) is 1. The minimum atomic E-state index is -3.92. The molecule has 102 valence electrons. The van der Waals surface area contributed by atoms with E-state index in [4.69, 9.17) is 0 Å². The monoisotopic (exact) mass is 307 g/mol. The smallest absolute Gasteiger partial charge is 0.263 e. The summed E-state index contributed by atoms with van der Waals surface area (Å²) in [4.78, 5) is 9.74. The van der Waals surface area contributed by atoms with Gasteiger partial charge in [-0.25, -0.2) is 8.42 Å². The summed E-state index contributed by atoms with van der Waals surface area (Å²) < 4.78 is 25.7. The summed E-state index contributed by atoms with van der Waals surface area (Å²) in [6.45, 7) is 0. The van der Waals surface area contributed by atoms with Crippen molar-refractivity contribution in [2.75, 3.05) is 5.88 Å². The fourth-order valence-electron chi connectivity index (χ4n) is 2.17. The zero-order chi connectivity index (χ0) is 14.3. The van der Waals surface area contributed by atoms with Crippen molar-refractivity contribution in [2.45, 2.75) is 4.90 Å². The first-order valence-electron chi connectivity index (χ1n) is 5.74. The van der Waals surface area contributed by atoms with E-state index < -0.39 is 20.6 Å². The summed E-state index contributed by atoms with van der Waals surface area (Å²) in [5, 5.41) is 12.3. The van der Waals surface area contributed by atoms with E-state index in [0.717, 1.165) is 15.5 Å². The number of benzene rings is 2. The molecule has 1 aromatic heterocycles. The van der Waals surface area contributed by atoms with Crippen LogP contribution < -0.4 is 0 Å². The molecule has 0 spiro atoms. The molecule has 20 heavy (non-hydrogen) atoms. The molecule has 0 aliphatic heterocycles. The highest BCUT2D eigenvalue weighted by atomic mass is 32.2. The molecule has 7 heteroatoms. The van der Waals surface area contributed by atoms with Crippen LogP contribution in [0.1, 0.15) is 0 Å². The van der Waals surface area contributed by atoms with E-state index in [1.54, 1.807) is 6.07 Å². The van der Waals surface area contributed by atoms with Crippen molar-refractivity contribution in [3.05, 3.63) is 52.6 Å². The lowest BCUT2D eigenvalue weighted by Gasteiger charge is -2.01. The fraction of sp³-hybridized carbons (Fsp3) is 0.0769. The van der Waals surface area contributed by atoms with Gasteiger partial charge in [0.25, 0.3) is 0 Å². The minimum Gasteiger partial charge on any atom is -0.263 e. The van der Waals surface area contributed by atoms with Crippen molar-refractivity contribution < 1.29 is 13.3 Å². The van der Waals surface area contributed by atoms with Crippen LogP contribution in [-0.2, 0) is 9.84 Å². The first-order valence-corrected chi connectivity index (χ1v) is 8.21. The molecule has 3 rings (SSSR count). The van der Waals surface area contributed by atoms with Crippen LogP contribution in [0.3, 0.4) is 0 Å². The molecule has 0 atom stereocenters. The zero-order valence-corrected chi connectivity index (χ0v) is 11.8. The SMILES string of the molecule is O=[N+]([O-])CS(=O)(=O)c1cccc2c1sc1ccccc12. The second-order valence-electron chi connectivity index (χ2n) is 4.31. The summed E-state index contributed by atoms with van der Waals surface area (Å²) in [5.41, 5.74) is 0. The Balaban J connectivity index is 2.35. The first kappa shape index (κ1) is 13.0. The van der Waals surface area contributed by atoms with Crippen LogP contribution in [0.15, 0.2) is 47.4 Å². The maximum atomic E-state index is 12.1. The Morgan fingerprint density at radius 3 is 2.50 bits per heavy atom. The van der Waals surface area contributed by atoms with E-state index in [1.807, 2.05) is 30.3 Å². The summed E-state index contributed by atoms with van der Waals surface area (Å²) in [7, 11) is -3.92. The Morgan fingerprint density at radius 1 is 1.05 bits per heavy atom. The summed E-state index contributed by atoms with van der Waals surface area (Å²) >= 11 is 1.34. The second-order valence-corrected chi connectivity index (χ2v) is 7.29. The molecule has 1 heterocycles. The average Bonchev–Trinajstić information content (AvgIpc) is 2.75. The molecule has 0 unspecified atom stereocenters. The van der Waals surface area contributed by atoms with Crippen molar-refractivity contribution >= 4 is 41.3 Å². The minimum absolute atomic E-state index is 0.0351. The average molecular weight is 307 g/mol. The number of nitro groups is 1. The van der Waals surface area contributed by atoms with Gasteiger partial charge in [-0.1, -0.05) is 30.3 Å². The zero-order valence-electron chi connectivity index (χ0n) is 10.1. The number of hydrogen-bond acceptors (Lipinski definition) is 5. The van der Waals surface area contributed by atoms with E-state index in [2.05, 4.69) is 0 Å². The predicted molar refractivity (Wildman–Crippen MR) is 78.4 cm³/mol. The van der Waals surface area contributed by atoms with E-state index in [9.17, 15) is 18.5 Å². The maximum absolute atomic E-state index is 12.1. The Bertz CT molecular complexity index is 928. The quantitative estimate of drug-likeness (QED) is 0.550. The van der Waals surface area contributed by atoms with Crippen molar-refractivity contribution in [3.63, 3.8) is 0 Å². The number of thiophene rings is 1. The highest BCUT2D eigenvalue weighted by Gasteiger charge is 2.24. The van der Waals surface area contributed by atoms with E-state index in [1.165, 1.54) is 17.4 Å². The highest BCUT2D eigenvalue weighted by molar-refractivity contribution is 7.91. The standard InChI is InChI=1S/C13H9NO4S2/c15-14(16)8-20(17,18)12-7-3-5-10-9-4-1-2-6-11(9)19-13(10)12/h1-7H,8H2. The predicted octanol–water partition coefficient (Wildman–Crippen LogP) is 3.06. The van der Waals surface area contributed by atoms with Gasteiger partial charge in [0.15, 0.2) is 0 Å². The molecule has 0 aliphatic rings. The number of rotatable bonds is 3. The Kier molecular flexibility index (Phi) is 2.95. The fourth-order valence-corrected chi connectivity index (χ4v) is 4.89.